The van der Waals surface area contributed by atoms with Gasteiger partial charge >= 0.3 is 0 Å². The summed E-state index contributed by atoms with van der Waals surface area (Å²) in [6.07, 6.45) is 0.502. The first kappa shape index (κ1) is 11.5. The van der Waals surface area contributed by atoms with E-state index >= 15 is 0 Å². The quantitative estimate of drug-likeness (QED) is 0.834. The van der Waals surface area contributed by atoms with Crippen LogP contribution in [0.5, 0.6) is 0 Å². The molecule has 0 aliphatic carbocycles. The summed E-state index contributed by atoms with van der Waals surface area (Å²) in [5.41, 5.74) is 0.853. The Kier molecular flexibility index (Phi) is 4.89. The number of hydrogen-bond donors (Lipinski definition) is 2. The Bertz CT molecular complexity index is 297. The highest BCUT2D eigenvalue weighted by molar-refractivity contribution is 14.1. The van der Waals surface area contributed by atoms with Crippen LogP contribution in [0.4, 0.5) is 5.69 Å². The maximum Gasteiger partial charge on any atom is 0.225 e. The predicted molar refractivity (Wildman–Crippen MR) is 66.3 cm³/mol. The third kappa shape index (κ3) is 4.06. The molecule has 4 heteroatoms. The lowest BCUT2D eigenvalue weighted by atomic mass is 10.3. The van der Waals surface area contributed by atoms with Crippen molar-refractivity contribution in [3.05, 3.63) is 27.8 Å². The zero-order valence-corrected chi connectivity index (χ0v) is 10.2. The molecule has 76 valence electrons. The molecule has 0 radical (unpaired) electrons. The van der Waals surface area contributed by atoms with E-state index in [2.05, 4.69) is 33.2 Å². The number of rotatable bonds is 4. The van der Waals surface area contributed by atoms with Crippen molar-refractivity contribution >= 4 is 34.2 Å². The molecule has 1 aromatic carbocycles. The summed E-state index contributed by atoms with van der Waals surface area (Å²) >= 11 is 2.23. The summed E-state index contributed by atoms with van der Waals surface area (Å²) in [5.74, 6) is 0.0422. The van der Waals surface area contributed by atoms with E-state index in [1.165, 1.54) is 0 Å². The number of anilines is 1. The van der Waals surface area contributed by atoms with Gasteiger partial charge in [0.1, 0.15) is 0 Å². The van der Waals surface area contributed by atoms with Gasteiger partial charge in [0.2, 0.25) is 5.91 Å². The Morgan fingerprint density at radius 2 is 2.00 bits per heavy atom. The van der Waals surface area contributed by atoms with Gasteiger partial charge in [-0.1, -0.05) is 0 Å². The van der Waals surface area contributed by atoms with Gasteiger partial charge in [0, 0.05) is 22.2 Å². The first-order valence-electron chi connectivity index (χ1n) is 4.42. The predicted octanol–water partition coefficient (Wildman–Crippen LogP) is 1.84. The highest BCUT2D eigenvalue weighted by Crippen LogP contribution is 2.10. The molecule has 3 nitrogen and oxygen atoms in total. The van der Waals surface area contributed by atoms with E-state index in [-0.39, 0.29) is 5.91 Å². The van der Waals surface area contributed by atoms with Crippen molar-refractivity contribution in [2.24, 2.45) is 0 Å². The third-order valence-electron chi connectivity index (χ3n) is 1.73. The van der Waals surface area contributed by atoms with Gasteiger partial charge in [0.15, 0.2) is 0 Å². The number of hydrogen-bond acceptors (Lipinski definition) is 2. The van der Waals surface area contributed by atoms with Crippen LogP contribution < -0.4 is 10.6 Å². The number of carbonyl (C=O) groups excluding carboxylic acids is 1. The van der Waals surface area contributed by atoms with Crippen molar-refractivity contribution in [1.82, 2.24) is 5.32 Å². The number of halogens is 1. The Morgan fingerprint density at radius 3 is 2.57 bits per heavy atom. The summed E-state index contributed by atoms with van der Waals surface area (Å²) in [6.45, 7) is 0.705. The summed E-state index contributed by atoms with van der Waals surface area (Å²) in [5, 5.41) is 5.75. The fourth-order valence-electron chi connectivity index (χ4n) is 0.995. The minimum atomic E-state index is 0.0422. The van der Waals surface area contributed by atoms with Crippen molar-refractivity contribution in [1.29, 1.82) is 0 Å². The average molecular weight is 304 g/mol. The summed E-state index contributed by atoms with van der Waals surface area (Å²) in [6, 6.07) is 7.74. The number of amides is 1. The van der Waals surface area contributed by atoms with E-state index < -0.39 is 0 Å². The van der Waals surface area contributed by atoms with E-state index in [9.17, 15) is 4.79 Å². The molecule has 1 amide bonds. The standard InChI is InChI=1S/C10H13IN2O/c1-12-7-6-10(14)13-9-4-2-8(11)3-5-9/h2-5,12H,6-7H2,1H3,(H,13,14). The Labute approximate surface area is 97.4 Å². The van der Waals surface area contributed by atoms with Gasteiger partial charge in [0.05, 0.1) is 0 Å². The van der Waals surface area contributed by atoms with E-state index in [4.69, 9.17) is 0 Å². The first-order valence-corrected chi connectivity index (χ1v) is 5.50. The lowest BCUT2D eigenvalue weighted by Crippen LogP contribution is -2.18. The zero-order valence-electron chi connectivity index (χ0n) is 8.01. The molecule has 0 aliphatic heterocycles. The van der Waals surface area contributed by atoms with Gasteiger partial charge < -0.3 is 10.6 Å². The largest absolute Gasteiger partial charge is 0.326 e. The summed E-state index contributed by atoms with van der Waals surface area (Å²) in [7, 11) is 1.83. The molecule has 0 unspecified atom stereocenters. The third-order valence-corrected chi connectivity index (χ3v) is 2.45. The van der Waals surface area contributed by atoms with Crippen LogP contribution in [0.2, 0.25) is 0 Å². The number of carbonyl (C=O) groups is 1. The van der Waals surface area contributed by atoms with Gasteiger partial charge in [-0.3, -0.25) is 4.79 Å². The minimum Gasteiger partial charge on any atom is -0.326 e. The first-order chi connectivity index (χ1) is 6.72. The maximum atomic E-state index is 11.3. The second-order valence-corrected chi connectivity index (χ2v) is 4.15. The van der Waals surface area contributed by atoms with Crippen LogP contribution in [0, 0.1) is 3.57 Å². The van der Waals surface area contributed by atoms with Gasteiger partial charge in [-0.15, -0.1) is 0 Å². The maximum absolute atomic E-state index is 11.3. The lowest BCUT2D eigenvalue weighted by Gasteiger charge is -2.04. The molecule has 0 saturated heterocycles. The molecule has 1 aromatic rings. The molecule has 1 rings (SSSR count). The van der Waals surface area contributed by atoms with Crippen molar-refractivity contribution in [2.75, 3.05) is 18.9 Å². The lowest BCUT2D eigenvalue weighted by molar-refractivity contribution is -0.116. The Morgan fingerprint density at radius 1 is 1.36 bits per heavy atom. The molecule has 0 aliphatic rings. The van der Waals surface area contributed by atoms with E-state index in [0.717, 1.165) is 9.26 Å². The molecule has 0 atom stereocenters. The van der Waals surface area contributed by atoms with E-state index in [1.807, 2.05) is 31.3 Å². The second kappa shape index (κ2) is 5.98. The summed E-state index contributed by atoms with van der Waals surface area (Å²) < 4.78 is 1.16. The van der Waals surface area contributed by atoms with Crippen LogP contribution >= 0.6 is 22.6 Å². The van der Waals surface area contributed by atoms with Gasteiger partial charge in [-0.2, -0.15) is 0 Å². The molecule has 0 aromatic heterocycles. The molecular weight excluding hydrogens is 291 g/mol. The highest BCUT2D eigenvalue weighted by atomic mass is 127. The topological polar surface area (TPSA) is 41.1 Å². The molecule has 0 heterocycles. The van der Waals surface area contributed by atoms with Gasteiger partial charge in [-0.05, 0) is 53.9 Å². The van der Waals surface area contributed by atoms with Crippen LogP contribution in [-0.2, 0) is 4.79 Å². The van der Waals surface area contributed by atoms with Crippen molar-refractivity contribution in [3.8, 4) is 0 Å². The van der Waals surface area contributed by atoms with Gasteiger partial charge in [0.25, 0.3) is 0 Å². The Balaban J connectivity index is 2.44. The molecule has 14 heavy (non-hydrogen) atoms. The van der Waals surface area contributed by atoms with Crippen LogP contribution in [0.25, 0.3) is 0 Å². The fraction of sp³-hybridized carbons (Fsp3) is 0.300. The number of benzene rings is 1. The summed E-state index contributed by atoms with van der Waals surface area (Å²) in [4.78, 5) is 11.3. The Hall–Kier alpha value is -0.620. The van der Waals surface area contributed by atoms with Crippen molar-refractivity contribution in [3.63, 3.8) is 0 Å². The normalized spacial score (nSPS) is 9.86. The van der Waals surface area contributed by atoms with E-state index in [0.29, 0.717) is 13.0 Å². The zero-order chi connectivity index (χ0) is 10.4. The fourth-order valence-corrected chi connectivity index (χ4v) is 1.35. The molecular formula is C10H13IN2O. The monoisotopic (exact) mass is 304 g/mol. The van der Waals surface area contributed by atoms with Crippen LogP contribution in [0.15, 0.2) is 24.3 Å². The second-order valence-electron chi connectivity index (χ2n) is 2.91. The van der Waals surface area contributed by atoms with E-state index in [1.54, 1.807) is 0 Å². The SMILES string of the molecule is CNCCC(=O)Nc1ccc(I)cc1. The molecule has 0 fully saturated rings. The minimum absolute atomic E-state index is 0.0422. The highest BCUT2D eigenvalue weighted by Gasteiger charge is 2.00. The van der Waals surface area contributed by atoms with Crippen molar-refractivity contribution < 1.29 is 4.79 Å². The molecule has 0 spiro atoms. The average Bonchev–Trinajstić information content (AvgIpc) is 2.18. The molecule has 0 bridgehead atoms. The smallest absolute Gasteiger partial charge is 0.225 e. The van der Waals surface area contributed by atoms with Gasteiger partial charge in [-0.25, -0.2) is 0 Å². The van der Waals surface area contributed by atoms with Crippen LogP contribution in [-0.4, -0.2) is 19.5 Å². The van der Waals surface area contributed by atoms with Crippen molar-refractivity contribution in [2.45, 2.75) is 6.42 Å². The number of nitrogens with one attached hydrogen (secondary N) is 2. The van der Waals surface area contributed by atoms with Crippen LogP contribution in [0.3, 0.4) is 0 Å². The molecule has 2 N–H and O–H groups in total. The molecule has 0 saturated carbocycles. The van der Waals surface area contributed by atoms with Crippen LogP contribution in [0.1, 0.15) is 6.42 Å².